The molecule has 5 nitrogen and oxygen atoms in total. The van der Waals surface area contributed by atoms with Crippen LogP contribution in [0.5, 0.6) is 5.75 Å². The van der Waals surface area contributed by atoms with Gasteiger partial charge >= 0.3 is 0 Å². The van der Waals surface area contributed by atoms with Gasteiger partial charge < -0.3 is 15.4 Å². The number of benzene rings is 1. The van der Waals surface area contributed by atoms with Crippen LogP contribution in [-0.4, -0.2) is 30.2 Å². The molecule has 0 spiro atoms. The Balaban J connectivity index is 2.41. The molecule has 0 amide bonds. The molecule has 5 heteroatoms. The van der Waals surface area contributed by atoms with Gasteiger partial charge in [0.2, 0.25) is 0 Å². The van der Waals surface area contributed by atoms with Gasteiger partial charge in [-0.15, -0.1) is 0 Å². The number of para-hydroxylation sites is 2. The van der Waals surface area contributed by atoms with E-state index >= 15 is 0 Å². The lowest BCUT2D eigenvalue weighted by atomic mass is 10.2. The number of ether oxygens (including phenoxy) is 1. The highest BCUT2D eigenvalue weighted by molar-refractivity contribution is 5.67. The van der Waals surface area contributed by atoms with E-state index in [4.69, 9.17) is 10.5 Å². The van der Waals surface area contributed by atoms with Crippen molar-refractivity contribution < 1.29 is 4.74 Å². The maximum Gasteiger partial charge on any atom is 0.142 e. The minimum Gasteiger partial charge on any atom is -0.495 e. The van der Waals surface area contributed by atoms with Gasteiger partial charge in [0.05, 0.1) is 12.8 Å². The van der Waals surface area contributed by atoms with Crippen LogP contribution in [0.25, 0.3) is 0 Å². The molecule has 1 heterocycles. The van der Waals surface area contributed by atoms with Crippen LogP contribution in [0.4, 0.5) is 11.5 Å². The van der Waals surface area contributed by atoms with E-state index in [1.54, 1.807) is 13.4 Å². The Morgan fingerprint density at radius 2 is 2.05 bits per heavy atom. The standard InChI is InChI=1S/C15H20N4O/c1-12-10-15(18-11-17-12)19(9-5-8-16)13-6-3-4-7-14(13)20-2/h3-4,6-7,10-11H,5,8-9,16H2,1-2H3. The predicted octanol–water partition coefficient (Wildman–Crippen LogP) is 2.28. The van der Waals surface area contributed by atoms with Gasteiger partial charge in [0.25, 0.3) is 0 Å². The number of hydrogen-bond donors (Lipinski definition) is 1. The monoisotopic (exact) mass is 272 g/mol. The molecule has 106 valence electrons. The topological polar surface area (TPSA) is 64.3 Å². The molecule has 0 aliphatic carbocycles. The van der Waals surface area contributed by atoms with Crippen LogP contribution in [0.2, 0.25) is 0 Å². The Hall–Kier alpha value is -2.14. The van der Waals surface area contributed by atoms with Gasteiger partial charge in [-0.3, -0.25) is 0 Å². The molecule has 2 N–H and O–H groups in total. The fraction of sp³-hybridized carbons (Fsp3) is 0.333. The molecular formula is C15H20N4O. The van der Waals surface area contributed by atoms with Crippen molar-refractivity contribution in [2.24, 2.45) is 5.73 Å². The maximum atomic E-state index is 5.64. The molecule has 1 aromatic heterocycles. The summed E-state index contributed by atoms with van der Waals surface area (Å²) in [4.78, 5) is 10.6. The first-order valence-corrected chi connectivity index (χ1v) is 6.65. The van der Waals surface area contributed by atoms with Crippen LogP contribution in [0.3, 0.4) is 0 Å². The molecule has 2 aromatic rings. The lowest BCUT2D eigenvalue weighted by Crippen LogP contribution is -2.22. The minimum atomic E-state index is 0.635. The quantitative estimate of drug-likeness (QED) is 0.874. The van der Waals surface area contributed by atoms with Crippen molar-refractivity contribution in [3.63, 3.8) is 0 Å². The lowest BCUT2D eigenvalue weighted by Gasteiger charge is -2.25. The molecule has 0 unspecified atom stereocenters. The molecule has 0 saturated carbocycles. The van der Waals surface area contributed by atoms with Crippen molar-refractivity contribution in [2.75, 3.05) is 25.1 Å². The molecule has 2 rings (SSSR count). The normalized spacial score (nSPS) is 10.3. The number of rotatable bonds is 6. The molecule has 0 radical (unpaired) electrons. The third-order valence-corrected chi connectivity index (χ3v) is 3.03. The Bertz CT molecular complexity index is 559. The predicted molar refractivity (Wildman–Crippen MR) is 80.4 cm³/mol. The summed E-state index contributed by atoms with van der Waals surface area (Å²) in [5.74, 6) is 1.68. The van der Waals surface area contributed by atoms with E-state index in [2.05, 4.69) is 14.9 Å². The molecule has 1 aromatic carbocycles. The number of aryl methyl sites for hydroxylation is 1. The number of methoxy groups -OCH3 is 1. The summed E-state index contributed by atoms with van der Waals surface area (Å²) in [5.41, 5.74) is 7.56. The number of nitrogens with zero attached hydrogens (tertiary/aromatic N) is 3. The summed E-state index contributed by atoms with van der Waals surface area (Å²) < 4.78 is 5.44. The average molecular weight is 272 g/mol. The van der Waals surface area contributed by atoms with E-state index in [9.17, 15) is 0 Å². The van der Waals surface area contributed by atoms with Crippen LogP contribution in [0, 0.1) is 6.92 Å². The molecule has 0 aliphatic heterocycles. The van der Waals surface area contributed by atoms with Crippen molar-refractivity contribution >= 4 is 11.5 Å². The van der Waals surface area contributed by atoms with E-state index in [0.29, 0.717) is 6.54 Å². The zero-order valence-electron chi connectivity index (χ0n) is 11.9. The smallest absolute Gasteiger partial charge is 0.142 e. The van der Waals surface area contributed by atoms with Gasteiger partial charge in [0.1, 0.15) is 17.9 Å². The van der Waals surface area contributed by atoms with Crippen molar-refractivity contribution in [1.29, 1.82) is 0 Å². The molecule has 0 aliphatic rings. The summed E-state index contributed by atoms with van der Waals surface area (Å²) in [5, 5.41) is 0. The number of aromatic nitrogens is 2. The van der Waals surface area contributed by atoms with Crippen LogP contribution >= 0.6 is 0 Å². The Morgan fingerprint density at radius 3 is 2.75 bits per heavy atom. The van der Waals surface area contributed by atoms with Crippen molar-refractivity contribution in [2.45, 2.75) is 13.3 Å². The zero-order chi connectivity index (χ0) is 14.4. The van der Waals surface area contributed by atoms with E-state index in [0.717, 1.165) is 35.9 Å². The summed E-state index contributed by atoms with van der Waals surface area (Å²) in [6.45, 7) is 3.37. The summed E-state index contributed by atoms with van der Waals surface area (Å²) >= 11 is 0. The third-order valence-electron chi connectivity index (χ3n) is 3.03. The Morgan fingerprint density at radius 1 is 1.25 bits per heavy atom. The maximum absolute atomic E-state index is 5.64. The van der Waals surface area contributed by atoms with Gasteiger partial charge in [-0.05, 0) is 32.0 Å². The molecule has 0 saturated heterocycles. The Labute approximate surface area is 119 Å². The van der Waals surface area contributed by atoms with Crippen LogP contribution in [-0.2, 0) is 0 Å². The first kappa shape index (κ1) is 14.3. The summed E-state index contributed by atoms with van der Waals surface area (Å²) in [7, 11) is 1.67. The van der Waals surface area contributed by atoms with Crippen molar-refractivity contribution in [1.82, 2.24) is 9.97 Å². The second kappa shape index (κ2) is 6.86. The molecule has 0 bridgehead atoms. The molecule has 20 heavy (non-hydrogen) atoms. The van der Waals surface area contributed by atoms with Gasteiger partial charge in [0, 0.05) is 18.3 Å². The summed E-state index contributed by atoms with van der Waals surface area (Å²) in [6, 6.07) is 9.87. The SMILES string of the molecule is COc1ccccc1N(CCCN)c1cc(C)ncn1. The molecule has 0 atom stereocenters. The highest BCUT2D eigenvalue weighted by atomic mass is 16.5. The van der Waals surface area contributed by atoms with E-state index in [-0.39, 0.29) is 0 Å². The van der Waals surface area contributed by atoms with Crippen molar-refractivity contribution in [3.05, 3.63) is 42.4 Å². The van der Waals surface area contributed by atoms with Crippen LogP contribution in [0.15, 0.2) is 36.7 Å². The van der Waals surface area contributed by atoms with E-state index < -0.39 is 0 Å². The third kappa shape index (κ3) is 3.24. The fourth-order valence-electron chi connectivity index (χ4n) is 2.05. The molecule has 0 fully saturated rings. The van der Waals surface area contributed by atoms with Gasteiger partial charge in [0.15, 0.2) is 0 Å². The van der Waals surface area contributed by atoms with Gasteiger partial charge in [-0.2, -0.15) is 0 Å². The van der Waals surface area contributed by atoms with E-state index in [1.165, 1.54) is 0 Å². The first-order valence-electron chi connectivity index (χ1n) is 6.65. The van der Waals surface area contributed by atoms with Crippen molar-refractivity contribution in [3.8, 4) is 5.75 Å². The Kier molecular flexibility index (Phi) is 4.90. The second-order valence-electron chi connectivity index (χ2n) is 4.48. The highest BCUT2D eigenvalue weighted by Crippen LogP contribution is 2.32. The average Bonchev–Trinajstić information content (AvgIpc) is 2.48. The summed E-state index contributed by atoms with van der Waals surface area (Å²) in [6.07, 6.45) is 2.45. The van der Waals surface area contributed by atoms with E-state index in [1.807, 2.05) is 37.3 Å². The minimum absolute atomic E-state index is 0.635. The number of nitrogens with two attached hydrogens (primary N) is 1. The van der Waals surface area contributed by atoms with Gasteiger partial charge in [-0.25, -0.2) is 9.97 Å². The fourth-order valence-corrected chi connectivity index (χ4v) is 2.05. The van der Waals surface area contributed by atoms with Crippen LogP contribution in [0.1, 0.15) is 12.1 Å². The first-order chi connectivity index (χ1) is 9.76. The highest BCUT2D eigenvalue weighted by Gasteiger charge is 2.14. The lowest BCUT2D eigenvalue weighted by molar-refractivity contribution is 0.415. The number of hydrogen-bond acceptors (Lipinski definition) is 5. The largest absolute Gasteiger partial charge is 0.495 e. The number of anilines is 2. The molecular weight excluding hydrogens is 252 g/mol. The van der Waals surface area contributed by atoms with Crippen LogP contribution < -0.4 is 15.4 Å². The zero-order valence-corrected chi connectivity index (χ0v) is 11.9. The van der Waals surface area contributed by atoms with Gasteiger partial charge in [-0.1, -0.05) is 12.1 Å². The second-order valence-corrected chi connectivity index (χ2v) is 4.48.